The third kappa shape index (κ3) is 10.3. The maximum atomic E-state index is 14.0. The van der Waals surface area contributed by atoms with Gasteiger partial charge in [0.15, 0.2) is 0 Å². The third-order valence-corrected chi connectivity index (χ3v) is 11.7. The van der Waals surface area contributed by atoms with E-state index in [0.717, 1.165) is 22.3 Å². The monoisotopic (exact) mass is 889 g/mol. The van der Waals surface area contributed by atoms with E-state index >= 15 is 0 Å². The number of carbonyl (C=O) groups is 4. The lowest BCUT2D eigenvalue weighted by Gasteiger charge is -2.47. The average Bonchev–Trinajstić information content (AvgIpc) is 3.23. The Morgan fingerprint density at radius 2 is 1.28 bits per heavy atom. The van der Waals surface area contributed by atoms with Crippen LogP contribution in [-0.2, 0) is 35.9 Å². The van der Waals surface area contributed by atoms with Gasteiger partial charge in [0, 0.05) is 32.1 Å². The molecule has 2 aliphatic heterocycles. The van der Waals surface area contributed by atoms with Crippen LogP contribution < -0.4 is 11.1 Å². The summed E-state index contributed by atoms with van der Waals surface area (Å²) < 4.78 is 12.4. The number of ether oxygens (including phenoxy) is 2. The molecule has 0 unspecified atom stereocenters. The van der Waals surface area contributed by atoms with Crippen LogP contribution in [0.25, 0.3) is 0 Å². The number of carboxylic acids is 1. The van der Waals surface area contributed by atoms with Crippen molar-refractivity contribution < 1.29 is 33.8 Å². The van der Waals surface area contributed by atoms with E-state index in [4.69, 9.17) is 61.6 Å². The van der Waals surface area contributed by atoms with E-state index in [0.29, 0.717) is 37.6 Å². The fourth-order valence-electron chi connectivity index (χ4n) is 7.55. The highest BCUT2D eigenvalue weighted by atomic mass is 35.5. The molecule has 7 rings (SSSR count). The molecule has 2 saturated heterocycles. The standard InChI is InChI=1S/C29H28Cl2N2O5.C17H15Cl2NO2/c1-2-3-23(29(36)37)33-25(18-8-12-21(30)13-9-18)26(19-10-14-22(31)15-11-19)38-24(28(33)35)16-17-4-6-20(7-5-17)27(32)34;1-17(12-4-8-14(19)9-5-12)16(20-15(21)10-22-17)11-2-6-13(18)7-3-11/h4-15,23-26H,2-3,16H2,1H3,(H2,32,34)(H,36,37);2-9,16H,10H2,1H3,(H,20,21)/t23-,24+,25-,26+;16-,17+/m10/s1. The van der Waals surface area contributed by atoms with Crippen LogP contribution in [0.4, 0.5) is 0 Å². The van der Waals surface area contributed by atoms with Crippen LogP contribution in [0, 0.1) is 0 Å². The van der Waals surface area contributed by atoms with Crippen molar-refractivity contribution >= 4 is 70.1 Å². The Morgan fingerprint density at radius 3 is 1.78 bits per heavy atom. The van der Waals surface area contributed by atoms with Crippen molar-refractivity contribution in [2.45, 2.75) is 69.0 Å². The van der Waals surface area contributed by atoms with Gasteiger partial charge in [-0.15, -0.1) is 0 Å². The van der Waals surface area contributed by atoms with Crippen LogP contribution in [0.5, 0.6) is 0 Å². The molecule has 4 N–H and O–H groups in total. The molecular formula is C46H43Cl4N3O7. The number of nitrogens with zero attached hydrogens (tertiary/aromatic N) is 1. The minimum atomic E-state index is -1.08. The lowest BCUT2D eigenvalue weighted by molar-refractivity contribution is -0.184. The molecule has 5 aromatic carbocycles. The Kier molecular flexibility index (Phi) is 14.6. The molecule has 0 bridgehead atoms. The number of amides is 3. The zero-order valence-corrected chi connectivity index (χ0v) is 35.7. The molecular weight excluding hydrogens is 848 g/mol. The summed E-state index contributed by atoms with van der Waals surface area (Å²) in [5.74, 6) is -2.19. The molecule has 2 heterocycles. The van der Waals surface area contributed by atoms with Gasteiger partial charge in [-0.1, -0.05) is 120 Å². The number of nitrogens with two attached hydrogens (primary N) is 1. The summed E-state index contributed by atoms with van der Waals surface area (Å²) in [6, 6.07) is 33.5. The summed E-state index contributed by atoms with van der Waals surface area (Å²) >= 11 is 24.2. The second kappa shape index (κ2) is 19.6. The van der Waals surface area contributed by atoms with E-state index in [1.165, 1.54) is 4.90 Å². The zero-order chi connectivity index (χ0) is 43.1. The van der Waals surface area contributed by atoms with Crippen molar-refractivity contribution in [3.63, 3.8) is 0 Å². The minimum Gasteiger partial charge on any atom is -0.480 e. The van der Waals surface area contributed by atoms with E-state index in [2.05, 4.69) is 5.32 Å². The Balaban J connectivity index is 0.000000232. The van der Waals surface area contributed by atoms with Crippen LogP contribution >= 0.6 is 46.4 Å². The number of carboxylic acid groups (broad SMARTS) is 1. The van der Waals surface area contributed by atoms with Gasteiger partial charge in [0.25, 0.3) is 5.91 Å². The third-order valence-electron chi connectivity index (χ3n) is 10.7. The molecule has 0 radical (unpaired) electrons. The maximum Gasteiger partial charge on any atom is 0.326 e. The first kappa shape index (κ1) is 44.6. The Labute approximate surface area is 368 Å². The summed E-state index contributed by atoms with van der Waals surface area (Å²) in [4.78, 5) is 51.3. The van der Waals surface area contributed by atoms with Crippen molar-refractivity contribution in [2.75, 3.05) is 6.61 Å². The highest BCUT2D eigenvalue weighted by molar-refractivity contribution is 6.31. The number of morpholine rings is 2. The number of carbonyl (C=O) groups excluding carboxylic acids is 3. The largest absolute Gasteiger partial charge is 0.480 e. The molecule has 312 valence electrons. The van der Waals surface area contributed by atoms with Crippen molar-refractivity contribution in [3.05, 3.63) is 175 Å². The summed E-state index contributed by atoms with van der Waals surface area (Å²) in [5, 5.41) is 15.6. The van der Waals surface area contributed by atoms with Crippen molar-refractivity contribution in [3.8, 4) is 0 Å². The fourth-order valence-corrected chi connectivity index (χ4v) is 8.06. The van der Waals surface area contributed by atoms with Crippen LogP contribution in [0.2, 0.25) is 20.1 Å². The summed E-state index contributed by atoms with van der Waals surface area (Å²) in [6.45, 7) is 3.88. The van der Waals surface area contributed by atoms with E-state index in [1.54, 1.807) is 72.8 Å². The molecule has 14 heteroatoms. The van der Waals surface area contributed by atoms with Crippen LogP contribution in [0.3, 0.4) is 0 Å². The first-order chi connectivity index (χ1) is 28.7. The fraction of sp³-hybridized carbons (Fsp3) is 0.261. The second-order valence-corrected chi connectivity index (χ2v) is 16.4. The predicted molar refractivity (Wildman–Crippen MR) is 232 cm³/mol. The highest BCUT2D eigenvalue weighted by Crippen LogP contribution is 2.45. The van der Waals surface area contributed by atoms with Crippen LogP contribution in [-0.4, -0.2) is 52.4 Å². The van der Waals surface area contributed by atoms with Crippen LogP contribution in [0.15, 0.2) is 121 Å². The average molecular weight is 892 g/mol. The lowest BCUT2D eigenvalue weighted by Crippen LogP contribution is -2.57. The molecule has 3 amide bonds. The van der Waals surface area contributed by atoms with Gasteiger partial charge in [0.05, 0.1) is 12.1 Å². The molecule has 0 spiro atoms. The minimum absolute atomic E-state index is 0.0310. The molecule has 60 heavy (non-hydrogen) atoms. The summed E-state index contributed by atoms with van der Waals surface area (Å²) in [5.41, 5.74) is 9.12. The normalized spacial score (nSPS) is 21.9. The number of benzene rings is 5. The number of hydrogen-bond donors (Lipinski definition) is 3. The molecule has 0 saturated carbocycles. The second-order valence-electron chi connectivity index (χ2n) is 14.7. The summed E-state index contributed by atoms with van der Waals surface area (Å²) in [6.07, 6.45) is -0.611. The number of halogens is 4. The molecule has 10 nitrogen and oxygen atoms in total. The number of rotatable bonds is 11. The van der Waals surface area contributed by atoms with E-state index < -0.39 is 47.7 Å². The SMILES string of the molecule is CCC[C@H](C(=O)O)N1C(=O)[C@H](Cc2ccc(C(N)=O)cc2)O[C@@H](c2ccc(Cl)cc2)[C@H]1c1ccc(Cl)cc1.C[C@]1(c2ccc(Cl)cc2)OCC(=O)N[C@H]1c1ccc(Cl)cc1. The quantitative estimate of drug-likeness (QED) is 0.120. The van der Waals surface area contributed by atoms with Gasteiger partial charge < -0.3 is 30.5 Å². The number of primary amides is 1. The van der Waals surface area contributed by atoms with Crippen molar-refractivity contribution in [1.29, 1.82) is 0 Å². The number of nitrogens with one attached hydrogen (secondary N) is 1. The van der Waals surface area contributed by atoms with Crippen LogP contribution in [0.1, 0.15) is 83.1 Å². The molecule has 5 aromatic rings. The number of hydrogen-bond acceptors (Lipinski definition) is 6. The Bertz CT molecular complexity index is 2290. The van der Waals surface area contributed by atoms with Gasteiger partial charge in [-0.25, -0.2) is 4.79 Å². The maximum absolute atomic E-state index is 14.0. The molecule has 0 aliphatic carbocycles. The van der Waals surface area contributed by atoms with Gasteiger partial charge in [0.2, 0.25) is 11.8 Å². The van der Waals surface area contributed by atoms with Crippen molar-refractivity contribution in [1.82, 2.24) is 10.2 Å². The first-order valence-electron chi connectivity index (χ1n) is 19.2. The topological polar surface area (TPSA) is 148 Å². The van der Waals surface area contributed by atoms with Gasteiger partial charge in [-0.3, -0.25) is 14.4 Å². The molecule has 0 aromatic heterocycles. The Hall–Kier alpha value is -4.94. The lowest BCUT2D eigenvalue weighted by atomic mass is 9.83. The predicted octanol–water partition coefficient (Wildman–Crippen LogP) is 9.69. The van der Waals surface area contributed by atoms with E-state index in [9.17, 15) is 24.3 Å². The highest BCUT2D eigenvalue weighted by Gasteiger charge is 2.48. The zero-order valence-electron chi connectivity index (χ0n) is 32.7. The summed E-state index contributed by atoms with van der Waals surface area (Å²) in [7, 11) is 0. The molecule has 6 atom stereocenters. The van der Waals surface area contributed by atoms with Gasteiger partial charge in [-0.2, -0.15) is 0 Å². The molecule has 2 aliphatic rings. The smallest absolute Gasteiger partial charge is 0.326 e. The van der Waals surface area contributed by atoms with E-state index in [1.807, 2.05) is 62.4 Å². The van der Waals surface area contributed by atoms with Gasteiger partial charge in [0.1, 0.15) is 30.5 Å². The molecule has 2 fully saturated rings. The first-order valence-corrected chi connectivity index (χ1v) is 20.7. The van der Waals surface area contributed by atoms with Gasteiger partial charge in [-0.05, 0) is 102 Å². The van der Waals surface area contributed by atoms with E-state index in [-0.39, 0.29) is 31.4 Å². The van der Waals surface area contributed by atoms with Crippen molar-refractivity contribution in [2.24, 2.45) is 5.73 Å². The van der Waals surface area contributed by atoms with Gasteiger partial charge >= 0.3 is 5.97 Å². The number of aliphatic carboxylic acids is 1. The Morgan fingerprint density at radius 1 is 0.783 bits per heavy atom.